The van der Waals surface area contributed by atoms with Gasteiger partial charge in [-0.2, -0.15) is 0 Å². The fourth-order valence-electron chi connectivity index (χ4n) is 7.31. The van der Waals surface area contributed by atoms with E-state index in [0.717, 1.165) is 54.8 Å². The molecule has 0 saturated carbocycles. The molecule has 2 heterocycles. The van der Waals surface area contributed by atoms with Gasteiger partial charge in [0, 0.05) is 62.5 Å². The first-order valence-electron chi connectivity index (χ1n) is 23.6. The first kappa shape index (κ1) is 56.8. The van der Waals surface area contributed by atoms with Gasteiger partial charge in [0.05, 0.1) is 12.2 Å². The molecule has 3 rings (SSSR count). The smallest absolute Gasteiger partial charge is 0.411 e. The maximum absolute atomic E-state index is 13.6. The van der Waals surface area contributed by atoms with Gasteiger partial charge < -0.3 is 38.9 Å². The SMILES string of the molecule is CCN(CC)c1ccc2cc(NC(=O)OC[C@H](NC=O)C(=O)NC/C(C)=C/C=C(\C)[C@@H]3OC(=O)/C(C)=C/[C@H](C)/C=C/C(C)=C/[C@@H](OC)C/C=C/C(C)=C\CC[C@H](OC)/C=C/C=C/[C@@H]3C)c(=O)oc2c1. The number of anilines is 2. The molecule has 374 valence electrons. The topological polar surface area (TPSA) is 175 Å². The van der Waals surface area contributed by atoms with Gasteiger partial charge in [-0.1, -0.05) is 110 Å². The predicted octanol–water partition coefficient (Wildman–Crippen LogP) is 9.77. The van der Waals surface area contributed by atoms with Crippen LogP contribution < -0.4 is 26.5 Å². The lowest BCUT2D eigenvalue weighted by molar-refractivity contribution is -0.144. The number of hydrogen-bond donors (Lipinski definition) is 3. The van der Waals surface area contributed by atoms with Gasteiger partial charge in [-0.3, -0.25) is 14.9 Å². The molecule has 0 aliphatic carbocycles. The van der Waals surface area contributed by atoms with E-state index < -0.39 is 42.3 Å². The van der Waals surface area contributed by atoms with Crippen molar-refractivity contribution in [3.8, 4) is 0 Å². The number of nitrogens with one attached hydrogen (secondary N) is 3. The van der Waals surface area contributed by atoms with Gasteiger partial charge in [-0.05, 0) is 97.4 Å². The minimum absolute atomic E-state index is 0.0528. The van der Waals surface area contributed by atoms with E-state index >= 15 is 0 Å². The van der Waals surface area contributed by atoms with Crippen LogP contribution in [0.3, 0.4) is 0 Å². The summed E-state index contributed by atoms with van der Waals surface area (Å²) < 4.78 is 28.3. The Morgan fingerprint density at radius 1 is 0.913 bits per heavy atom. The number of methoxy groups -OCH3 is 2. The van der Waals surface area contributed by atoms with Gasteiger partial charge in [0.2, 0.25) is 12.3 Å². The Morgan fingerprint density at radius 3 is 2.33 bits per heavy atom. The number of benzene rings is 1. The molecule has 69 heavy (non-hydrogen) atoms. The molecule has 14 heteroatoms. The Labute approximate surface area is 408 Å². The number of nitrogens with zero attached hydrogens (tertiary/aromatic N) is 1. The highest BCUT2D eigenvalue weighted by Crippen LogP contribution is 2.24. The first-order chi connectivity index (χ1) is 33.0. The summed E-state index contributed by atoms with van der Waals surface area (Å²) >= 11 is 0. The second-order valence-corrected chi connectivity index (χ2v) is 17.2. The molecule has 0 unspecified atom stereocenters. The van der Waals surface area contributed by atoms with Crippen molar-refractivity contribution in [2.75, 3.05) is 50.7 Å². The second kappa shape index (κ2) is 30.1. The summed E-state index contributed by atoms with van der Waals surface area (Å²) in [6, 6.07) is 5.70. The summed E-state index contributed by atoms with van der Waals surface area (Å²) in [5.74, 6) is -1.33. The largest absolute Gasteiger partial charge is 0.454 e. The summed E-state index contributed by atoms with van der Waals surface area (Å²) in [6.07, 6.45) is 26.9. The third-order valence-electron chi connectivity index (χ3n) is 11.5. The Kier molecular flexibility index (Phi) is 24.8. The summed E-state index contributed by atoms with van der Waals surface area (Å²) in [5, 5.41) is 8.08. The van der Waals surface area contributed by atoms with Crippen LogP contribution in [0.2, 0.25) is 0 Å². The number of fused-ring (bicyclic) bond motifs is 1. The highest BCUT2D eigenvalue weighted by molar-refractivity contribution is 5.90. The van der Waals surface area contributed by atoms with Crippen LogP contribution in [0.25, 0.3) is 11.0 Å². The molecule has 0 bridgehead atoms. The normalized spacial score (nSPS) is 25.1. The van der Waals surface area contributed by atoms with Crippen molar-refractivity contribution in [2.24, 2.45) is 11.8 Å². The van der Waals surface area contributed by atoms with E-state index in [1.807, 2.05) is 109 Å². The number of carbonyl (C=O) groups excluding carboxylic acids is 4. The first-order valence-corrected chi connectivity index (χ1v) is 23.6. The summed E-state index contributed by atoms with van der Waals surface area (Å²) in [7, 11) is 3.40. The lowest BCUT2D eigenvalue weighted by Crippen LogP contribution is -2.47. The van der Waals surface area contributed by atoms with Gasteiger partial charge in [0.1, 0.15) is 30.0 Å². The highest BCUT2D eigenvalue weighted by atomic mass is 16.6. The van der Waals surface area contributed by atoms with Crippen molar-refractivity contribution in [3.63, 3.8) is 0 Å². The summed E-state index contributed by atoms with van der Waals surface area (Å²) in [5.41, 5.74) is 4.54. The van der Waals surface area contributed by atoms with E-state index in [4.69, 9.17) is 23.4 Å². The Morgan fingerprint density at radius 2 is 1.64 bits per heavy atom. The van der Waals surface area contributed by atoms with Gasteiger partial charge in [0.25, 0.3) is 0 Å². The monoisotopic (exact) mass is 951 g/mol. The molecule has 0 spiro atoms. The van der Waals surface area contributed by atoms with E-state index in [-0.39, 0.29) is 36.3 Å². The van der Waals surface area contributed by atoms with Crippen molar-refractivity contribution in [3.05, 3.63) is 142 Å². The number of hydrogen-bond acceptors (Lipinski definition) is 11. The minimum atomic E-state index is -1.23. The summed E-state index contributed by atoms with van der Waals surface area (Å²) in [6.45, 7) is 18.7. The average molecular weight is 951 g/mol. The van der Waals surface area contributed by atoms with E-state index in [9.17, 15) is 24.0 Å². The molecule has 0 fully saturated rings. The van der Waals surface area contributed by atoms with Gasteiger partial charge >= 0.3 is 17.7 Å². The quantitative estimate of drug-likeness (QED) is 0.0671. The number of cyclic esters (lactones) is 1. The highest BCUT2D eigenvalue weighted by Gasteiger charge is 2.24. The molecule has 3 N–H and O–H groups in total. The Balaban J connectivity index is 1.75. The fourth-order valence-corrected chi connectivity index (χ4v) is 7.31. The molecule has 0 radical (unpaired) electrons. The lowest BCUT2D eigenvalue weighted by Gasteiger charge is -2.23. The van der Waals surface area contributed by atoms with Crippen LogP contribution in [0.15, 0.2) is 140 Å². The molecule has 1 aliphatic rings. The molecule has 1 aliphatic heterocycles. The maximum atomic E-state index is 13.6. The lowest BCUT2D eigenvalue weighted by atomic mass is 9.96. The summed E-state index contributed by atoms with van der Waals surface area (Å²) in [4.78, 5) is 65.8. The molecule has 1 aromatic heterocycles. The Hall–Kier alpha value is -6.51. The maximum Gasteiger partial charge on any atom is 0.411 e. The molecule has 6 atom stereocenters. The van der Waals surface area contributed by atoms with Crippen LogP contribution in [0.1, 0.15) is 81.6 Å². The van der Waals surface area contributed by atoms with Crippen LogP contribution >= 0.6 is 0 Å². The molecular formula is C55H74N4O10. The fraction of sp³-hybridized carbons (Fsp3) is 0.436. The third-order valence-corrected chi connectivity index (χ3v) is 11.5. The molecule has 3 amide bonds. The van der Waals surface area contributed by atoms with E-state index in [2.05, 4.69) is 52.1 Å². The average Bonchev–Trinajstić information content (AvgIpc) is 3.32. The molecule has 0 saturated heterocycles. The van der Waals surface area contributed by atoms with Crippen LogP contribution in [-0.4, -0.2) is 89.2 Å². The zero-order valence-electron chi connectivity index (χ0n) is 42.3. The second-order valence-electron chi connectivity index (χ2n) is 17.2. The van der Waals surface area contributed by atoms with Crippen molar-refractivity contribution in [1.82, 2.24) is 10.6 Å². The van der Waals surface area contributed by atoms with Crippen LogP contribution in [0.4, 0.5) is 16.2 Å². The van der Waals surface area contributed by atoms with Crippen LogP contribution in [0, 0.1) is 11.8 Å². The van der Waals surface area contributed by atoms with Crippen molar-refractivity contribution in [2.45, 2.75) is 106 Å². The van der Waals surface area contributed by atoms with Gasteiger partial charge in [-0.25, -0.2) is 14.4 Å². The number of ether oxygens (including phenoxy) is 4. The number of allylic oxidation sites excluding steroid dienone is 11. The molecule has 14 nitrogen and oxygen atoms in total. The van der Waals surface area contributed by atoms with E-state index in [1.54, 1.807) is 33.3 Å². The molecule has 2 aromatic rings. The standard InChI is InChI=1S/C55H74N4O10/c1-12-59(13-2)45-29-28-44-32-48(54(63)68-50(44)33-45)58-55(64)67-35-49(57-36-60)52(61)56-34-40(6)26-27-42(8)51-41(7)20-14-15-21-46(65-10)22-16-18-37(3)19-17-23-47(66-11)31-39(5)25-24-38(4)30-43(9)53(62)69-51/h14-15,17-21,24-33,36,38,41,46-47,49,51H,12-13,16,22-23,34-35H2,1-11H3,(H,56,61)(H,57,60)(H,58,64)/b19-17+,20-14+,21-15+,25-24+,37-18-,39-31+,40-26+,42-27+,43-30+/t38-,41+,46-,47+,49+,51-/m1/s1. The van der Waals surface area contributed by atoms with Gasteiger partial charge in [-0.15, -0.1) is 0 Å². The number of amides is 3. The van der Waals surface area contributed by atoms with Crippen LogP contribution in [-0.2, 0) is 33.3 Å². The predicted molar refractivity (Wildman–Crippen MR) is 276 cm³/mol. The number of rotatable bonds is 15. The van der Waals surface area contributed by atoms with Crippen LogP contribution in [0.5, 0.6) is 0 Å². The van der Waals surface area contributed by atoms with Crippen molar-refractivity contribution in [1.29, 1.82) is 0 Å². The minimum Gasteiger partial charge on any atom is -0.454 e. The number of carbonyl (C=O) groups is 4. The third kappa shape index (κ3) is 19.9. The van der Waals surface area contributed by atoms with Crippen molar-refractivity contribution >= 4 is 46.7 Å². The zero-order chi connectivity index (χ0) is 50.9. The van der Waals surface area contributed by atoms with Gasteiger partial charge in [0.15, 0.2) is 0 Å². The van der Waals surface area contributed by atoms with E-state index in [1.165, 1.54) is 11.6 Å². The number of esters is 1. The molecular weight excluding hydrogens is 877 g/mol. The Bertz CT molecular complexity index is 2380. The van der Waals surface area contributed by atoms with Crippen molar-refractivity contribution < 1.29 is 42.5 Å². The molecule has 1 aromatic carbocycles. The van der Waals surface area contributed by atoms with E-state index in [0.29, 0.717) is 23.0 Å². The zero-order valence-corrected chi connectivity index (χ0v) is 42.3.